The largest absolute Gasteiger partial charge is 0.465 e. The number of para-hydroxylation sites is 1. The first kappa shape index (κ1) is 32.6. The van der Waals surface area contributed by atoms with E-state index < -0.39 is 22.5 Å². The number of nitrogens with zero attached hydrogens (tertiary/aromatic N) is 3. The number of pyridine rings is 1. The number of ketones is 1. The quantitative estimate of drug-likeness (QED) is 0.0625. The van der Waals surface area contributed by atoms with Crippen LogP contribution in [0.4, 0.5) is 5.69 Å². The third-order valence-electron chi connectivity index (χ3n) is 7.21. The molecule has 0 saturated carbocycles. The molecule has 2 aromatic heterocycles. The summed E-state index contributed by atoms with van der Waals surface area (Å²) in [7, 11) is -2.48. The van der Waals surface area contributed by atoms with E-state index in [-0.39, 0.29) is 59.2 Å². The molecule has 228 valence electrons. The van der Waals surface area contributed by atoms with E-state index >= 15 is 0 Å². The highest BCUT2D eigenvalue weighted by Gasteiger charge is 2.30. The van der Waals surface area contributed by atoms with E-state index in [1.807, 2.05) is 12.1 Å². The van der Waals surface area contributed by atoms with Gasteiger partial charge in [0.25, 0.3) is 10.0 Å². The lowest BCUT2D eigenvalue weighted by Gasteiger charge is -2.24. The molecule has 2 heterocycles. The number of hydrogen-bond donors (Lipinski definition) is 2. The van der Waals surface area contributed by atoms with Gasteiger partial charge in [0, 0.05) is 47.8 Å². The maximum Gasteiger partial charge on any atom is 0.326 e. The second kappa shape index (κ2) is 13.6. The molecule has 0 saturated heterocycles. The molecule has 0 aliphatic carbocycles. The second-order valence-corrected chi connectivity index (χ2v) is 11.9. The highest BCUT2D eigenvalue weighted by molar-refractivity contribution is 14.0. The number of Topliss-reactive ketones (excluding diaryl/α,β-unsaturated/α-hetero) is 1. The number of nitrogen functional groups attached to an aromatic ring is 1. The van der Waals surface area contributed by atoms with Crippen LogP contribution in [0.25, 0.3) is 21.8 Å². The van der Waals surface area contributed by atoms with Crippen LogP contribution in [0.15, 0.2) is 90.1 Å². The molecule has 0 aliphatic heterocycles. The topological polar surface area (TPSA) is 148 Å². The molecule has 0 unspecified atom stereocenters. The molecule has 0 bridgehead atoms. The second-order valence-electron chi connectivity index (χ2n) is 10.0. The summed E-state index contributed by atoms with van der Waals surface area (Å²) >= 11 is 0. The van der Waals surface area contributed by atoms with Crippen molar-refractivity contribution in [2.75, 3.05) is 17.5 Å². The number of fused-ring (bicyclic) bond motifs is 2. The van der Waals surface area contributed by atoms with Gasteiger partial charge in [-0.25, -0.2) is 8.42 Å². The van der Waals surface area contributed by atoms with Gasteiger partial charge in [-0.1, -0.05) is 48.5 Å². The van der Waals surface area contributed by atoms with Gasteiger partial charge in [0.15, 0.2) is 5.78 Å². The molecule has 0 fully saturated rings. The fraction of sp³-hybridized carbons (Fsp3) is 0.188. The lowest BCUT2D eigenvalue weighted by atomic mass is 10.0. The summed E-state index contributed by atoms with van der Waals surface area (Å²) in [5.74, 6) is -0.773. The van der Waals surface area contributed by atoms with E-state index in [0.717, 1.165) is 9.87 Å². The van der Waals surface area contributed by atoms with Gasteiger partial charge in [-0.05, 0) is 43.2 Å². The number of rotatable bonds is 11. The Labute approximate surface area is 272 Å². The molecule has 5 rings (SSSR count). The number of aryl methyl sites for hydroxylation is 2. The standard InChI is InChI=1S/C32H31N5O5S.HI/c1-3-42-30(39)20-37(43(40,41)29-8-4-6-22-7-5-17-35-31(22)29)24-14-15-25-26(19-36(2)27(25)18-24)28(38)16-11-21-9-12-23(13-10-21)32(33)34;/h4-10,12-15,17-19H,3,11,16,20H2,1-2H3,(H3,33,34);1H. The van der Waals surface area contributed by atoms with Crippen LogP contribution in [0.3, 0.4) is 0 Å². The fourth-order valence-electron chi connectivity index (χ4n) is 5.04. The number of nitrogens with two attached hydrogens (primary N) is 1. The minimum Gasteiger partial charge on any atom is -0.465 e. The predicted molar refractivity (Wildman–Crippen MR) is 181 cm³/mol. The fourth-order valence-corrected chi connectivity index (χ4v) is 6.60. The van der Waals surface area contributed by atoms with Crippen LogP contribution in [0, 0.1) is 5.41 Å². The number of hydrogen-bond acceptors (Lipinski definition) is 7. The van der Waals surface area contributed by atoms with Crippen LogP contribution >= 0.6 is 24.0 Å². The maximum atomic E-state index is 14.1. The van der Waals surface area contributed by atoms with Crippen LogP contribution in [0.5, 0.6) is 0 Å². The summed E-state index contributed by atoms with van der Waals surface area (Å²) in [5.41, 5.74) is 8.78. The predicted octanol–water partition coefficient (Wildman–Crippen LogP) is 5.20. The summed E-state index contributed by atoms with van der Waals surface area (Å²) < 4.78 is 36.1. The van der Waals surface area contributed by atoms with E-state index in [0.29, 0.717) is 39.4 Å². The Morgan fingerprint density at radius 2 is 1.77 bits per heavy atom. The molecular weight excluding hydrogens is 693 g/mol. The van der Waals surface area contributed by atoms with Gasteiger partial charge in [-0.15, -0.1) is 24.0 Å². The van der Waals surface area contributed by atoms with Crippen LogP contribution < -0.4 is 10.0 Å². The van der Waals surface area contributed by atoms with Crippen LogP contribution in [-0.4, -0.2) is 48.7 Å². The molecular formula is C32H32IN5O5S. The number of carbonyl (C=O) groups excluding carboxylic acids is 2. The lowest BCUT2D eigenvalue weighted by molar-refractivity contribution is -0.141. The number of halogens is 1. The van der Waals surface area contributed by atoms with E-state index in [1.54, 1.807) is 79.3 Å². The Hall–Kier alpha value is -4.30. The third-order valence-corrected chi connectivity index (χ3v) is 9.02. The molecule has 44 heavy (non-hydrogen) atoms. The van der Waals surface area contributed by atoms with Gasteiger partial charge < -0.3 is 15.0 Å². The molecule has 0 atom stereocenters. The summed E-state index contributed by atoms with van der Waals surface area (Å²) in [4.78, 5) is 30.2. The van der Waals surface area contributed by atoms with Crippen molar-refractivity contribution < 1.29 is 22.7 Å². The number of nitrogens with one attached hydrogen (secondary N) is 1. The van der Waals surface area contributed by atoms with Gasteiger partial charge in [-0.2, -0.15) is 0 Å². The minimum atomic E-state index is -4.26. The van der Waals surface area contributed by atoms with E-state index in [1.165, 1.54) is 12.3 Å². The number of sulfonamides is 1. The first-order valence-corrected chi connectivity index (χ1v) is 15.1. The summed E-state index contributed by atoms with van der Waals surface area (Å²) in [6.07, 6.45) is 4.02. The van der Waals surface area contributed by atoms with Crippen molar-refractivity contribution in [3.63, 3.8) is 0 Å². The van der Waals surface area contributed by atoms with Crippen molar-refractivity contribution in [3.05, 3.63) is 102 Å². The van der Waals surface area contributed by atoms with Crippen LogP contribution in [0.1, 0.15) is 34.8 Å². The van der Waals surface area contributed by atoms with Crippen molar-refractivity contribution in [2.24, 2.45) is 12.8 Å². The molecule has 12 heteroatoms. The number of amidine groups is 1. The van der Waals surface area contributed by atoms with Crippen molar-refractivity contribution in [1.29, 1.82) is 5.41 Å². The highest BCUT2D eigenvalue weighted by atomic mass is 127. The molecule has 3 N–H and O–H groups in total. The number of esters is 1. The normalized spacial score (nSPS) is 11.2. The van der Waals surface area contributed by atoms with Gasteiger partial charge in [-0.3, -0.25) is 24.3 Å². The van der Waals surface area contributed by atoms with Crippen molar-refractivity contribution in [1.82, 2.24) is 9.55 Å². The molecule has 0 amide bonds. The number of aromatic nitrogens is 2. The van der Waals surface area contributed by atoms with Crippen LogP contribution in [0.2, 0.25) is 0 Å². The maximum absolute atomic E-state index is 14.1. The third kappa shape index (κ3) is 6.60. The minimum absolute atomic E-state index is 0. The zero-order valence-electron chi connectivity index (χ0n) is 24.2. The molecule has 10 nitrogen and oxygen atoms in total. The molecule has 0 radical (unpaired) electrons. The lowest BCUT2D eigenvalue weighted by Crippen LogP contribution is -2.36. The summed E-state index contributed by atoms with van der Waals surface area (Å²) in [6.45, 7) is 1.22. The van der Waals surface area contributed by atoms with Crippen molar-refractivity contribution in [2.45, 2.75) is 24.7 Å². The van der Waals surface area contributed by atoms with Gasteiger partial charge >= 0.3 is 5.97 Å². The Bertz CT molecular complexity index is 1970. The van der Waals surface area contributed by atoms with E-state index in [2.05, 4.69) is 4.98 Å². The first-order valence-electron chi connectivity index (χ1n) is 13.7. The Balaban J connectivity index is 0.00000442. The zero-order valence-corrected chi connectivity index (χ0v) is 27.3. The number of anilines is 1. The van der Waals surface area contributed by atoms with Crippen molar-refractivity contribution in [3.8, 4) is 0 Å². The Kier molecular flexibility index (Phi) is 10.0. The van der Waals surface area contributed by atoms with Gasteiger partial charge in [0.05, 0.1) is 23.3 Å². The summed E-state index contributed by atoms with van der Waals surface area (Å²) in [6, 6.07) is 20.5. The van der Waals surface area contributed by atoms with E-state index in [9.17, 15) is 18.0 Å². The first-order chi connectivity index (χ1) is 20.6. The van der Waals surface area contributed by atoms with Gasteiger partial charge in [0.1, 0.15) is 17.3 Å². The SMILES string of the molecule is CCOC(=O)CN(c1ccc2c(C(=O)CCc3ccc(C(=N)N)cc3)cn(C)c2c1)S(=O)(=O)c1cccc2cccnc12.I. The highest BCUT2D eigenvalue weighted by Crippen LogP contribution is 2.32. The number of benzene rings is 3. The van der Waals surface area contributed by atoms with Crippen molar-refractivity contribution >= 4 is 79.1 Å². The zero-order chi connectivity index (χ0) is 30.7. The van der Waals surface area contributed by atoms with Gasteiger partial charge in [0.2, 0.25) is 0 Å². The molecule has 5 aromatic rings. The van der Waals surface area contributed by atoms with E-state index in [4.69, 9.17) is 15.9 Å². The monoisotopic (exact) mass is 725 g/mol. The smallest absolute Gasteiger partial charge is 0.326 e. The average molecular weight is 726 g/mol. The van der Waals surface area contributed by atoms with Crippen LogP contribution in [-0.2, 0) is 33.0 Å². The molecule has 0 aliphatic rings. The Morgan fingerprint density at radius 3 is 2.48 bits per heavy atom. The number of carbonyl (C=O) groups is 2. The number of ether oxygens (including phenoxy) is 1. The molecule has 3 aromatic carbocycles. The summed E-state index contributed by atoms with van der Waals surface area (Å²) in [5, 5.41) is 8.85. The Morgan fingerprint density at radius 1 is 1.05 bits per heavy atom. The average Bonchev–Trinajstić information content (AvgIpc) is 3.34. The molecule has 0 spiro atoms.